The summed E-state index contributed by atoms with van der Waals surface area (Å²) in [7, 11) is 0. The quantitative estimate of drug-likeness (QED) is 0.881. The normalized spacial score (nSPS) is 18.6. The summed E-state index contributed by atoms with van der Waals surface area (Å²) in [6.45, 7) is 8.14. The summed E-state index contributed by atoms with van der Waals surface area (Å²) in [5.41, 5.74) is 2.09. The van der Waals surface area contributed by atoms with Crippen molar-refractivity contribution in [1.82, 2.24) is 4.90 Å². The van der Waals surface area contributed by atoms with Gasteiger partial charge in [0.05, 0.1) is 6.04 Å². The molecule has 3 heteroatoms. The van der Waals surface area contributed by atoms with E-state index in [1.165, 1.54) is 0 Å². The number of nitrogens with zero attached hydrogens (tertiary/aromatic N) is 2. The van der Waals surface area contributed by atoms with Gasteiger partial charge in [0.25, 0.3) is 0 Å². The third kappa shape index (κ3) is 3.25. The second kappa shape index (κ2) is 6.23. The molecule has 3 nitrogen and oxygen atoms in total. The van der Waals surface area contributed by atoms with Gasteiger partial charge in [-0.3, -0.25) is 0 Å². The van der Waals surface area contributed by atoms with Gasteiger partial charge < -0.3 is 10.2 Å². The zero-order chi connectivity index (χ0) is 13.7. The van der Waals surface area contributed by atoms with Gasteiger partial charge in [0.2, 0.25) is 5.96 Å². The summed E-state index contributed by atoms with van der Waals surface area (Å²) in [5.74, 6) is 0.847. The van der Waals surface area contributed by atoms with Gasteiger partial charge in [-0.05, 0) is 31.6 Å². The van der Waals surface area contributed by atoms with Crippen molar-refractivity contribution >= 4 is 11.6 Å². The fourth-order valence-electron chi connectivity index (χ4n) is 2.26. The van der Waals surface area contributed by atoms with E-state index in [1.54, 1.807) is 0 Å². The molecule has 1 aliphatic rings. The number of anilines is 1. The van der Waals surface area contributed by atoms with Crippen LogP contribution in [0.3, 0.4) is 0 Å². The third-order valence-electron chi connectivity index (χ3n) is 3.13. The van der Waals surface area contributed by atoms with E-state index < -0.39 is 0 Å². The summed E-state index contributed by atoms with van der Waals surface area (Å²) < 4.78 is 0. The Hall–Kier alpha value is -2.03. The first kappa shape index (κ1) is 13.4. The Morgan fingerprint density at radius 2 is 2.11 bits per heavy atom. The van der Waals surface area contributed by atoms with Crippen LogP contribution in [0.15, 0.2) is 59.9 Å². The van der Waals surface area contributed by atoms with Crippen molar-refractivity contribution in [2.75, 3.05) is 5.32 Å². The molecule has 2 rings (SSSR count). The number of para-hydroxylation sites is 1. The number of nitrogens with one attached hydrogen (secondary N) is 1. The number of guanidine groups is 1. The van der Waals surface area contributed by atoms with Gasteiger partial charge in [0.1, 0.15) is 0 Å². The Kier molecular flexibility index (Phi) is 4.39. The monoisotopic (exact) mass is 255 g/mol. The number of hydrogen-bond acceptors (Lipinski definition) is 3. The Bertz CT molecular complexity index is 488. The summed E-state index contributed by atoms with van der Waals surface area (Å²) in [5, 5.41) is 3.36. The molecule has 0 aliphatic carbocycles. The Morgan fingerprint density at radius 3 is 2.74 bits per heavy atom. The summed E-state index contributed by atoms with van der Waals surface area (Å²) in [6.07, 6.45) is 6.27. The third-order valence-corrected chi connectivity index (χ3v) is 3.13. The van der Waals surface area contributed by atoms with Gasteiger partial charge in [0, 0.05) is 17.6 Å². The molecule has 1 aliphatic heterocycles. The molecule has 1 N–H and O–H groups in total. The largest absolute Gasteiger partial charge is 0.326 e. The van der Waals surface area contributed by atoms with Gasteiger partial charge in [-0.1, -0.05) is 38.1 Å². The Labute approximate surface area is 115 Å². The van der Waals surface area contributed by atoms with Gasteiger partial charge in [0.15, 0.2) is 0 Å². The van der Waals surface area contributed by atoms with Crippen LogP contribution >= 0.6 is 0 Å². The zero-order valence-corrected chi connectivity index (χ0v) is 11.6. The minimum atomic E-state index is 0.339. The molecule has 0 saturated heterocycles. The molecule has 0 bridgehead atoms. The minimum absolute atomic E-state index is 0.339. The van der Waals surface area contributed by atoms with E-state index in [1.807, 2.05) is 43.5 Å². The first-order valence-electron chi connectivity index (χ1n) is 6.74. The summed E-state index contributed by atoms with van der Waals surface area (Å²) in [6, 6.07) is 10.4. The van der Waals surface area contributed by atoms with E-state index in [9.17, 15) is 0 Å². The molecule has 1 aromatic rings. The van der Waals surface area contributed by atoms with E-state index >= 15 is 0 Å². The molecule has 0 fully saturated rings. The van der Waals surface area contributed by atoms with Crippen LogP contribution in [0.1, 0.15) is 26.7 Å². The number of hydrogen-bond donors (Lipinski definition) is 1. The van der Waals surface area contributed by atoms with E-state index in [4.69, 9.17) is 0 Å². The van der Waals surface area contributed by atoms with Crippen LogP contribution in [0, 0.1) is 0 Å². The first-order chi connectivity index (χ1) is 9.24. The Morgan fingerprint density at radius 1 is 1.37 bits per heavy atom. The molecule has 0 radical (unpaired) electrons. The molecule has 19 heavy (non-hydrogen) atoms. The molecular formula is C16H21N3. The van der Waals surface area contributed by atoms with Crippen LogP contribution in [0.4, 0.5) is 5.69 Å². The maximum atomic E-state index is 4.58. The lowest BCUT2D eigenvalue weighted by Gasteiger charge is -2.32. The highest BCUT2D eigenvalue weighted by Gasteiger charge is 2.21. The number of aliphatic imine (C=N–C) groups is 1. The molecule has 100 valence electrons. The SMILES string of the molecule is C=CN1C(Nc2ccccc2)=NC(C)=CC1CCC. The van der Waals surface area contributed by atoms with E-state index in [2.05, 4.69) is 34.8 Å². The van der Waals surface area contributed by atoms with Crippen molar-refractivity contribution in [3.8, 4) is 0 Å². The van der Waals surface area contributed by atoms with Crippen molar-refractivity contribution < 1.29 is 0 Å². The predicted molar refractivity (Wildman–Crippen MR) is 82.0 cm³/mol. The van der Waals surface area contributed by atoms with Crippen LogP contribution in [0.5, 0.6) is 0 Å². The maximum Gasteiger partial charge on any atom is 0.207 e. The van der Waals surface area contributed by atoms with E-state index in [0.717, 1.165) is 30.2 Å². The van der Waals surface area contributed by atoms with Crippen molar-refractivity contribution in [3.05, 3.63) is 54.9 Å². The number of rotatable bonds is 4. The van der Waals surface area contributed by atoms with Crippen LogP contribution < -0.4 is 5.32 Å². The van der Waals surface area contributed by atoms with Crippen LogP contribution in [-0.2, 0) is 0 Å². The fourth-order valence-corrected chi connectivity index (χ4v) is 2.26. The smallest absolute Gasteiger partial charge is 0.207 e. The van der Waals surface area contributed by atoms with Crippen molar-refractivity contribution in [3.63, 3.8) is 0 Å². The van der Waals surface area contributed by atoms with Crippen molar-refractivity contribution in [2.24, 2.45) is 4.99 Å². The van der Waals surface area contributed by atoms with Gasteiger partial charge >= 0.3 is 0 Å². The van der Waals surface area contributed by atoms with Crippen molar-refractivity contribution in [2.45, 2.75) is 32.7 Å². The second-order valence-corrected chi connectivity index (χ2v) is 4.68. The lowest BCUT2D eigenvalue weighted by atomic mass is 10.1. The van der Waals surface area contributed by atoms with E-state index in [0.29, 0.717) is 6.04 Å². The van der Waals surface area contributed by atoms with Gasteiger partial charge in [-0.2, -0.15) is 0 Å². The highest BCUT2D eigenvalue weighted by molar-refractivity contribution is 5.95. The second-order valence-electron chi connectivity index (χ2n) is 4.68. The number of benzene rings is 1. The average Bonchev–Trinajstić information content (AvgIpc) is 2.40. The van der Waals surface area contributed by atoms with E-state index in [-0.39, 0.29) is 0 Å². The van der Waals surface area contributed by atoms with Crippen molar-refractivity contribution in [1.29, 1.82) is 0 Å². The average molecular weight is 255 g/mol. The molecular weight excluding hydrogens is 234 g/mol. The molecule has 1 unspecified atom stereocenters. The lowest BCUT2D eigenvalue weighted by Crippen LogP contribution is -2.41. The highest BCUT2D eigenvalue weighted by atomic mass is 15.3. The maximum absolute atomic E-state index is 4.58. The standard InChI is InChI=1S/C16H21N3/c1-4-9-15-12-13(3)17-16(19(15)5-2)18-14-10-7-6-8-11-14/h5-8,10-12,15H,2,4,9H2,1,3H3,(H,17,18). The fraction of sp³-hybridized carbons (Fsp3) is 0.312. The van der Waals surface area contributed by atoms with Crippen LogP contribution in [-0.4, -0.2) is 16.9 Å². The first-order valence-corrected chi connectivity index (χ1v) is 6.74. The van der Waals surface area contributed by atoms with Gasteiger partial charge in [-0.15, -0.1) is 0 Å². The zero-order valence-electron chi connectivity index (χ0n) is 11.6. The van der Waals surface area contributed by atoms with Crippen LogP contribution in [0.2, 0.25) is 0 Å². The predicted octanol–water partition coefficient (Wildman–Crippen LogP) is 3.99. The highest BCUT2D eigenvalue weighted by Crippen LogP contribution is 2.20. The topological polar surface area (TPSA) is 27.6 Å². The van der Waals surface area contributed by atoms with Gasteiger partial charge in [-0.25, -0.2) is 4.99 Å². The molecule has 0 spiro atoms. The van der Waals surface area contributed by atoms with Crippen LogP contribution in [0.25, 0.3) is 0 Å². The summed E-state index contributed by atoms with van der Waals surface area (Å²) in [4.78, 5) is 6.68. The molecule has 0 amide bonds. The molecule has 1 aromatic carbocycles. The molecule has 0 saturated carbocycles. The Balaban J connectivity index is 2.22. The molecule has 1 heterocycles. The number of allylic oxidation sites excluding steroid dienone is 1. The lowest BCUT2D eigenvalue weighted by molar-refractivity contribution is 0.428. The molecule has 0 aromatic heterocycles. The summed E-state index contributed by atoms with van der Waals surface area (Å²) >= 11 is 0. The molecule has 1 atom stereocenters. The minimum Gasteiger partial charge on any atom is -0.326 e.